The van der Waals surface area contributed by atoms with Crippen LogP contribution in [0, 0.1) is 0 Å². The van der Waals surface area contributed by atoms with Gasteiger partial charge >= 0.3 is 0 Å². The fraction of sp³-hybridized carbons (Fsp3) is 0.684. The summed E-state index contributed by atoms with van der Waals surface area (Å²) in [5, 5.41) is 5.48. The first-order valence-corrected chi connectivity index (χ1v) is 10.5. The molecule has 1 saturated heterocycles. The molecule has 6 nitrogen and oxygen atoms in total. The van der Waals surface area contributed by atoms with Gasteiger partial charge in [0.1, 0.15) is 0 Å². The first-order valence-electron chi connectivity index (χ1n) is 9.61. The molecule has 0 spiro atoms. The van der Waals surface area contributed by atoms with Crippen molar-refractivity contribution in [2.75, 3.05) is 39.8 Å². The Kier molecular flexibility index (Phi) is 6.91. The van der Waals surface area contributed by atoms with E-state index >= 15 is 0 Å². The van der Waals surface area contributed by atoms with Crippen LogP contribution in [0.4, 0.5) is 0 Å². The highest BCUT2D eigenvalue weighted by Crippen LogP contribution is 2.24. The van der Waals surface area contributed by atoms with Crippen LogP contribution >= 0.6 is 11.3 Å². The van der Waals surface area contributed by atoms with Crippen LogP contribution in [0.25, 0.3) is 0 Å². The van der Waals surface area contributed by atoms with Crippen LogP contribution in [-0.2, 0) is 22.5 Å². The number of hydrogen-bond acceptors (Lipinski definition) is 4. The van der Waals surface area contributed by atoms with Crippen molar-refractivity contribution < 1.29 is 9.53 Å². The molecule has 0 aromatic carbocycles. The van der Waals surface area contributed by atoms with Crippen LogP contribution < -0.4 is 5.32 Å². The number of amides is 1. The summed E-state index contributed by atoms with van der Waals surface area (Å²) in [5.41, 5.74) is 1.32. The Hall–Kier alpha value is -1.60. The molecule has 1 aromatic heterocycles. The molecule has 0 radical (unpaired) electrons. The van der Waals surface area contributed by atoms with Crippen molar-refractivity contribution in [2.24, 2.45) is 4.99 Å². The molecule has 3 heterocycles. The zero-order valence-corrected chi connectivity index (χ0v) is 16.7. The molecular formula is C19H30N4O2S. The molecule has 2 aliphatic heterocycles. The van der Waals surface area contributed by atoms with Gasteiger partial charge in [-0.25, -0.2) is 0 Å². The molecule has 1 N–H and O–H groups in total. The number of piperidine rings is 1. The second-order valence-corrected chi connectivity index (χ2v) is 7.80. The average molecular weight is 379 g/mol. The molecule has 144 valence electrons. The van der Waals surface area contributed by atoms with E-state index in [0.717, 1.165) is 58.0 Å². The second kappa shape index (κ2) is 9.37. The van der Waals surface area contributed by atoms with E-state index in [-0.39, 0.29) is 5.91 Å². The number of nitrogens with zero attached hydrogens (tertiary/aromatic N) is 3. The van der Waals surface area contributed by atoms with Gasteiger partial charge < -0.3 is 19.9 Å². The van der Waals surface area contributed by atoms with Gasteiger partial charge in [0.25, 0.3) is 0 Å². The number of nitrogens with one attached hydrogen (secondary N) is 1. The third-order valence-corrected chi connectivity index (χ3v) is 6.16. The Labute approximate surface area is 160 Å². The zero-order chi connectivity index (χ0) is 18.4. The van der Waals surface area contributed by atoms with Gasteiger partial charge in [-0.1, -0.05) is 0 Å². The summed E-state index contributed by atoms with van der Waals surface area (Å²) < 4.78 is 5.71. The van der Waals surface area contributed by atoms with Gasteiger partial charge in [0.05, 0.1) is 6.10 Å². The van der Waals surface area contributed by atoms with Crippen LogP contribution in [0.5, 0.6) is 0 Å². The van der Waals surface area contributed by atoms with Crippen LogP contribution in [0.3, 0.4) is 0 Å². The summed E-state index contributed by atoms with van der Waals surface area (Å²) in [7, 11) is 1.81. The smallest absolute Gasteiger partial charge is 0.224 e. The van der Waals surface area contributed by atoms with Crippen LogP contribution in [-0.4, -0.2) is 67.6 Å². The fourth-order valence-electron chi connectivity index (χ4n) is 3.70. The van der Waals surface area contributed by atoms with Crippen molar-refractivity contribution in [2.45, 2.75) is 45.3 Å². The molecule has 0 bridgehead atoms. The van der Waals surface area contributed by atoms with E-state index in [2.05, 4.69) is 26.7 Å². The van der Waals surface area contributed by atoms with Gasteiger partial charge in [-0.15, -0.1) is 11.3 Å². The number of aliphatic imine (C=N–C) groups is 1. The van der Waals surface area contributed by atoms with E-state index in [9.17, 15) is 4.79 Å². The lowest BCUT2D eigenvalue weighted by molar-refractivity contribution is -0.131. The van der Waals surface area contributed by atoms with Crippen molar-refractivity contribution in [1.29, 1.82) is 0 Å². The van der Waals surface area contributed by atoms with E-state index in [4.69, 9.17) is 4.74 Å². The van der Waals surface area contributed by atoms with Crippen molar-refractivity contribution in [1.82, 2.24) is 15.1 Å². The van der Waals surface area contributed by atoms with E-state index in [1.165, 1.54) is 10.4 Å². The number of ether oxygens (including phenoxy) is 1. The Bertz CT molecular complexity index is 623. The number of fused-ring (bicyclic) bond motifs is 1. The van der Waals surface area contributed by atoms with E-state index in [1.807, 2.05) is 18.9 Å². The highest BCUT2D eigenvalue weighted by atomic mass is 32.1. The molecule has 0 unspecified atom stereocenters. The molecule has 0 aliphatic carbocycles. The van der Waals surface area contributed by atoms with E-state index < -0.39 is 0 Å². The van der Waals surface area contributed by atoms with Gasteiger partial charge in [0.2, 0.25) is 5.91 Å². The monoisotopic (exact) mass is 378 g/mol. The van der Waals surface area contributed by atoms with Crippen LogP contribution in [0.15, 0.2) is 16.4 Å². The minimum atomic E-state index is 0.222. The zero-order valence-electron chi connectivity index (χ0n) is 15.9. The topological polar surface area (TPSA) is 57.2 Å². The van der Waals surface area contributed by atoms with E-state index in [0.29, 0.717) is 19.1 Å². The molecule has 2 aliphatic rings. The Morgan fingerprint density at radius 2 is 2.15 bits per heavy atom. The lowest BCUT2D eigenvalue weighted by Crippen LogP contribution is -2.47. The normalized spacial score (nSPS) is 18.8. The highest BCUT2D eigenvalue weighted by molar-refractivity contribution is 7.10. The molecule has 0 saturated carbocycles. The number of carbonyl (C=O) groups excluding carboxylic acids is 1. The maximum absolute atomic E-state index is 12.5. The quantitative estimate of drug-likeness (QED) is 0.630. The van der Waals surface area contributed by atoms with Gasteiger partial charge in [-0.2, -0.15) is 0 Å². The van der Waals surface area contributed by atoms with E-state index in [1.54, 1.807) is 11.3 Å². The van der Waals surface area contributed by atoms with Crippen molar-refractivity contribution in [3.8, 4) is 0 Å². The maximum Gasteiger partial charge on any atom is 0.224 e. The fourth-order valence-corrected chi connectivity index (χ4v) is 4.59. The number of thiophene rings is 1. The first kappa shape index (κ1) is 19.2. The molecule has 1 amide bonds. The lowest BCUT2D eigenvalue weighted by Gasteiger charge is -2.34. The molecular weight excluding hydrogens is 348 g/mol. The largest absolute Gasteiger partial charge is 0.378 e. The van der Waals surface area contributed by atoms with Crippen molar-refractivity contribution in [3.63, 3.8) is 0 Å². The predicted octanol–water partition coefficient (Wildman–Crippen LogP) is 2.10. The minimum Gasteiger partial charge on any atom is -0.378 e. The highest BCUT2D eigenvalue weighted by Gasteiger charge is 2.23. The molecule has 0 atom stereocenters. The molecule has 26 heavy (non-hydrogen) atoms. The number of carbonyl (C=O) groups is 1. The Morgan fingerprint density at radius 3 is 2.88 bits per heavy atom. The number of rotatable bonds is 5. The third kappa shape index (κ3) is 4.76. The van der Waals surface area contributed by atoms with Crippen molar-refractivity contribution in [3.05, 3.63) is 21.9 Å². The van der Waals surface area contributed by atoms with Gasteiger partial charge in [-0.05, 0) is 43.2 Å². The summed E-state index contributed by atoms with van der Waals surface area (Å²) >= 11 is 1.80. The predicted molar refractivity (Wildman–Crippen MR) is 106 cm³/mol. The number of hydrogen-bond donors (Lipinski definition) is 1. The summed E-state index contributed by atoms with van der Waals surface area (Å²) in [6.07, 6.45) is 3.93. The molecule has 1 aromatic rings. The Morgan fingerprint density at radius 1 is 1.35 bits per heavy atom. The summed E-state index contributed by atoms with van der Waals surface area (Å²) in [6, 6.07) is 2.14. The standard InChI is InChI=1S/C19H30N4O2S/c1-3-25-16-5-10-22(11-6-16)19(20-2)21-9-4-18(24)23-12-7-17-15(14-23)8-13-26-17/h8,13,16H,3-7,9-12,14H2,1-2H3,(H,20,21). The number of guanidine groups is 1. The summed E-state index contributed by atoms with van der Waals surface area (Å²) in [5.74, 6) is 1.12. The van der Waals surface area contributed by atoms with Crippen molar-refractivity contribution >= 4 is 23.2 Å². The van der Waals surface area contributed by atoms with Crippen LogP contribution in [0.2, 0.25) is 0 Å². The summed E-state index contributed by atoms with van der Waals surface area (Å²) in [4.78, 5) is 22.6. The average Bonchev–Trinajstić information content (AvgIpc) is 3.14. The molecule has 7 heteroatoms. The first-order chi connectivity index (χ1) is 12.7. The lowest BCUT2D eigenvalue weighted by atomic mass is 10.1. The number of likely N-dealkylation sites (tertiary alicyclic amines) is 1. The van der Waals surface area contributed by atoms with Gasteiger partial charge in [-0.3, -0.25) is 9.79 Å². The third-order valence-electron chi connectivity index (χ3n) is 5.14. The maximum atomic E-state index is 12.5. The van der Waals surface area contributed by atoms with Gasteiger partial charge in [0.15, 0.2) is 5.96 Å². The Balaban J connectivity index is 1.40. The SMILES string of the molecule is CCOC1CCN(C(=NC)NCCC(=O)N2CCc3sccc3C2)CC1. The molecule has 3 rings (SSSR count). The summed E-state index contributed by atoms with van der Waals surface area (Å²) in [6.45, 7) is 6.96. The minimum absolute atomic E-state index is 0.222. The van der Waals surface area contributed by atoms with Gasteiger partial charge in [0, 0.05) is 57.7 Å². The molecule has 1 fully saturated rings. The second-order valence-electron chi connectivity index (χ2n) is 6.80. The van der Waals surface area contributed by atoms with Crippen LogP contribution in [0.1, 0.15) is 36.6 Å².